The van der Waals surface area contributed by atoms with Gasteiger partial charge in [-0.3, -0.25) is 0 Å². The zero-order valence-electron chi connectivity index (χ0n) is 10.00. The molecule has 2 aromatic carbocycles. The quantitative estimate of drug-likeness (QED) is 0.668. The van der Waals surface area contributed by atoms with E-state index < -0.39 is 5.97 Å². The standard InChI is InChI=1S/C14H8Cl4O2/c15-10-2-1-8(13(18)6-10)7-20-14(19)9-3-11(16)5-12(17)4-9/h1-6H,7H2. The zero-order valence-corrected chi connectivity index (χ0v) is 13.0. The molecule has 0 unspecified atom stereocenters. The van der Waals surface area contributed by atoms with Crippen LogP contribution in [0.25, 0.3) is 0 Å². The highest BCUT2D eigenvalue weighted by atomic mass is 35.5. The largest absolute Gasteiger partial charge is 0.457 e. The fourth-order valence-electron chi connectivity index (χ4n) is 1.54. The summed E-state index contributed by atoms with van der Waals surface area (Å²) in [6.07, 6.45) is 0. The van der Waals surface area contributed by atoms with Gasteiger partial charge >= 0.3 is 5.97 Å². The average molecular weight is 350 g/mol. The van der Waals surface area contributed by atoms with Gasteiger partial charge in [-0.05, 0) is 30.3 Å². The lowest BCUT2D eigenvalue weighted by Gasteiger charge is -2.07. The summed E-state index contributed by atoms with van der Waals surface area (Å²) >= 11 is 23.4. The van der Waals surface area contributed by atoms with Gasteiger partial charge in [0.2, 0.25) is 0 Å². The number of rotatable bonds is 3. The zero-order chi connectivity index (χ0) is 14.7. The monoisotopic (exact) mass is 348 g/mol. The molecule has 0 fully saturated rings. The molecule has 0 aliphatic carbocycles. The summed E-state index contributed by atoms with van der Waals surface area (Å²) in [5.74, 6) is -0.527. The van der Waals surface area contributed by atoms with Crippen molar-refractivity contribution >= 4 is 52.4 Å². The first-order valence-corrected chi connectivity index (χ1v) is 7.04. The molecule has 2 rings (SSSR count). The van der Waals surface area contributed by atoms with Gasteiger partial charge in [-0.25, -0.2) is 4.79 Å². The summed E-state index contributed by atoms with van der Waals surface area (Å²) in [5, 5.41) is 1.70. The number of benzene rings is 2. The molecule has 0 atom stereocenters. The minimum atomic E-state index is -0.527. The van der Waals surface area contributed by atoms with Crippen LogP contribution in [-0.4, -0.2) is 5.97 Å². The van der Waals surface area contributed by atoms with Crippen LogP contribution in [0.5, 0.6) is 0 Å². The number of carbonyl (C=O) groups is 1. The molecule has 0 saturated carbocycles. The maximum atomic E-state index is 11.9. The second-order valence-corrected chi connectivity index (χ2v) is 5.69. The summed E-state index contributed by atoms with van der Waals surface area (Å²) in [7, 11) is 0. The Morgan fingerprint density at radius 1 is 0.900 bits per heavy atom. The van der Waals surface area contributed by atoms with Gasteiger partial charge in [-0.2, -0.15) is 0 Å². The Morgan fingerprint density at radius 3 is 2.15 bits per heavy atom. The molecule has 0 N–H and O–H groups in total. The van der Waals surface area contributed by atoms with Crippen molar-refractivity contribution in [2.24, 2.45) is 0 Å². The van der Waals surface area contributed by atoms with Gasteiger partial charge in [0.05, 0.1) is 5.56 Å². The molecule has 0 aromatic heterocycles. The van der Waals surface area contributed by atoms with E-state index in [-0.39, 0.29) is 12.2 Å². The van der Waals surface area contributed by atoms with Crippen molar-refractivity contribution in [2.45, 2.75) is 6.61 Å². The average Bonchev–Trinajstić information content (AvgIpc) is 2.36. The van der Waals surface area contributed by atoms with Gasteiger partial charge in [0.25, 0.3) is 0 Å². The molecule has 20 heavy (non-hydrogen) atoms. The lowest BCUT2D eigenvalue weighted by Crippen LogP contribution is -2.05. The molecular weight excluding hydrogens is 342 g/mol. The van der Waals surface area contributed by atoms with E-state index in [1.807, 2.05) is 0 Å². The summed E-state index contributed by atoms with van der Waals surface area (Å²) in [4.78, 5) is 11.9. The van der Waals surface area contributed by atoms with Gasteiger partial charge < -0.3 is 4.74 Å². The summed E-state index contributed by atoms with van der Waals surface area (Å²) in [6.45, 7) is 0.0406. The van der Waals surface area contributed by atoms with Gasteiger partial charge in [0.1, 0.15) is 6.61 Å². The second kappa shape index (κ2) is 6.68. The van der Waals surface area contributed by atoms with Gasteiger partial charge in [0.15, 0.2) is 0 Å². The molecule has 0 spiro atoms. The molecule has 6 heteroatoms. The first-order valence-electron chi connectivity index (χ1n) is 5.53. The van der Waals surface area contributed by atoms with Crippen molar-refractivity contribution in [2.75, 3.05) is 0 Å². The molecule has 0 aliphatic rings. The number of hydrogen-bond acceptors (Lipinski definition) is 2. The summed E-state index contributed by atoms with van der Waals surface area (Å²) in [6, 6.07) is 9.46. The lowest BCUT2D eigenvalue weighted by molar-refractivity contribution is 0.0473. The molecule has 0 radical (unpaired) electrons. The topological polar surface area (TPSA) is 26.3 Å². The smallest absolute Gasteiger partial charge is 0.338 e. The van der Waals surface area contributed by atoms with Crippen molar-refractivity contribution in [3.05, 3.63) is 67.6 Å². The van der Waals surface area contributed by atoms with Crippen LogP contribution < -0.4 is 0 Å². The first kappa shape index (κ1) is 15.5. The molecule has 2 nitrogen and oxygen atoms in total. The maximum absolute atomic E-state index is 11.9. The third kappa shape index (κ3) is 4.03. The fourth-order valence-corrected chi connectivity index (χ4v) is 2.53. The Kier molecular flexibility index (Phi) is 5.17. The minimum Gasteiger partial charge on any atom is -0.457 e. The Hall–Kier alpha value is -0.930. The Balaban J connectivity index is 2.08. The molecule has 2 aromatic rings. The number of esters is 1. The maximum Gasteiger partial charge on any atom is 0.338 e. The Bertz CT molecular complexity index is 635. The van der Waals surface area contributed by atoms with Crippen LogP contribution in [0, 0.1) is 0 Å². The van der Waals surface area contributed by atoms with Crippen molar-refractivity contribution < 1.29 is 9.53 Å². The highest BCUT2D eigenvalue weighted by Crippen LogP contribution is 2.23. The SMILES string of the molecule is O=C(OCc1ccc(Cl)cc1Cl)c1cc(Cl)cc(Cl)c1. The van der Waals surface area contributed by atoms with Gasteiger partial charge in [-0.15, -0.1) is 0 Å². The normalized spacial score (nSPS) is 10.4. The molecule has 0 heterocycles. The summed E-state index contributed by atoms with van der Waals surface area (Å²) < 4.78 is 5.16. The van der Waals surface area contributed by atoms with Crippen LogP contribution in [0.3, 0.4) is 0 Å². The van der Waals surface area contributed by atoms with E-state index in [9.17, 15) is 4.79 Å². The van der Waals surface area contributed by atoms with Crippen LogP contribution in [0.2, 0.25) is 20.1 Å². The van der Waals surface area contributed by atoms with Crippen molar-refractivity contribution in [1.29, 1.82) is 0 Å². The van der Waals surface area contributed by atoms with E-state index >= 15 is 0 Å². The predicted octanol–water partition coefficient (Wildman–Crippen LogP) is 5.66. The number of ether oxygens (including phenoxy) is 1. The third-order valence-electron chi connectivity index (χ3n) is 2.47. The second-order valence-electron chi connectivity index (χ2n) is 3.97. The van der Waals surface area contributed by atoms with Crippen molar-refractivity contribution in [3.8, 4) is 0 Å². The molecule has 104 valence electrons. The highest BCUT2D eigenvalue weighted by molar-refractivity contribution is 6.35. The number of halogens is 4. The molecule has 0 aliphatic heterocycles. The van der Waals surface area contributed by atoms with Crippen LogP contribution in [0.15, 0.2) is 36.4 Å². The lowest BCUT2D eigenvalue weighted by atomic mass is 10.2. The van der Waals surface area contributed by atoms with E-state index in [1.54, 1.807) is 18.2 Å². The third-order valence-corrected chi connectivity index (χ3v) is 3.50. The van der Waals surface area contributed by atoms with E-state index in [2.05, 4.69) is 0 Å². The molecule has 0 amide bonds. The van der Waals surface area contributed by atoms with Crippen molar-refractivity contribution in [1.82, 2.24) is 0 Å². The van der Waals surface area contributed by atoms with Gasteiger partial charge in [0, 0.05) is 25.7 Å². The van der Waals surface area contributed by atoms with E-state index in [0.717, 1.165) is 0 Å². The van der Waals surface area contributed by atoms with Crippen LogP contribution in [0.1, 0.15) is 15.9 Å². The minimum absolute atomic E-state index is 0.0406. The summed E-state index contributed by atoms with van der Waals surface area (Å²) in [5.41, 5.74) is 0.949. The van der Waals surface area contributed by atoms with E-state index in [0.29, 0.717) is 25.7 Å². The molecular formula is C14H8Cl4O2. The van der Waals surface area contributed by atoms with Crippen LogP contribution in [-0.2, 0) is 11.3 Å². The first-order chi connectivity index (χ1) is 9.45. The Morgan fingerprint density at radius 2 is 1.55 bits per heavy atom. The number of hydrogen-bond donors (Lipinski definition) is 0. The van der Waals surface area contributed by atoms with Crippen LogP contribution >= 0.6 is 46.4 Å². The van der Waals surface area contributed by atoms with Crippen LogP contribution in [0.4, 0.5) is 0 Å². The van der Waals surface area contributed by atoms with Crippen molar-refractivity contribution in [3.63, 3.8) is 0 Å². The Labute approximate surface area is 136 Å². The van der Waals surface area contributed by atoms with Gasteiger partial charge in [-0.1, -0.05) is 52.5 Å². The molecule has 0 saturated heterocycles. The fraction of sp³-hybridized carbons (Fsp3) is 0.0714. The van der Waals surface area contributed by atoms with E-state index in [4.69, 9.17) is 51.1 Å². The molecule has 0 bridgehead atoms. The number of carbonyl (C=O) groups excluding carboxylic acids is 1. The highest BCUT2D eigenvalue weighted by Gasteiger charge is 2.11. The predicted molar refractivity (Wildman–Crippen MR) is 82.0 cm³/mol. The van der Waals surface area contributed by atoms with E-state index in [1.165, 1.54) is 18.2 Å².